The third-order valence-corrected chi connectivity index (χ3v) is 6.27. The van der Waals surface area contributed by atoms with Crippen molar-refractivity contribution in [3.8, 4) is 0 Å². The molecule has 0 radical (unpaired) electrons. The summed E-state index contributed by atoms with van der Waals surface area (Å²) in [5.74, 6) is -0.114. The highest BCUT2D eigenvalue weighted by molar-refractivity contribution is 7.93. The predicted molar refractivity (Wildman–Crippen MR) is 106 cm³/mol. The van der Waals surface area contributed by atoms with Crippen molar-refractivity contribution >= 4 is 45.0 Å². The van der Waals surface area contributed by atoms with Gasteiger partial charge in [-0.2, -0.15) is 0 Å². The number of benzene rings is 2. The second-order valence-corrected chi connectivity index (χ2v) is 8.52. The molecule has 1 aliphatic heterocycles. The molecule has 0 spiro atoms. The minimum absolute atomic E-state index is 0.130. The number of carbonyl (C=O) groups is 1. The summed E-state index contributed by atoms with van der Waals surface area (Å²) in [6.45, 7) is 2.15. The minimum Gasteiger partial charge on any atom is -0.322 e. The quantitative estimate of drug-likeness (QED) is 0.804. The Labute approximate surface area is 158 Å². The van der Waals surface area contributed by atoms with Crippen molar-refractivity contribution in [1.82, 2.24) is 0 Å². The zero-order valence-corrected chi connectivity index (χ0v) is 15.8. The van der Waals surface area contributed by atoms with Crippen LogP contribution in [-0.2, 0) is 14.8 Å². The summed E-state index contributed by atoms with van der Waals surface area (Å²) in [7, 11) is -3.29. The molecule has 7 heteroatoms. The van der Waals surface area contributed by atoms with Gasteiger partial charge in [0.05, 0.1) is 16.5 Å². The van der Waals surface area contributed by atoms with Crippen molar-refractivity contribution in [2.75, 3.05) is 21.9 Å². The molecule has 2 aromatic carbocycles. The van der Waals surface area contributed by atoms with Crippen LogP contribution >= 0.6 is 11.6 Å². The number of carbonyl (C=O) groups excluding carboxylic acids is 1. The van der Waals surface area contributed by atoms with Crippen LogP contribution in [0.4, 0.5) is 11.4 Å². The number of hydrogen-bond donors (Lipinski definition) is 1. The Morgan fingerprint density at radius 2 is 1.92 bits per heavy atom. The third kappa shape index (κ3) is 4.08. The summed E-state index contributed by atoms with van der Waals surface area (Å²) in [4.78, 5) is 12.3. The van der Waals surface area contributed by atoms with Gasteiger partial charge in [-0.05, 0) is 43.2 Å². The Kier molecular flexibility index (Phi) is 5.34. The maximum Gasteiger partial charge on any atom is 0.251 e. The van der Waals surface area contributed by atoms with E-state index in [4.69, 9.17) is 11.6 Å². The van der Waals surface area contributed by atoms with Gasteiger partial charge in [0.25, 0.3) is 5.91 Å². The van der Waals surface area contributed by atoms with Crippen LogP contribution in [0.3, 0.4) is 0 Å². The van der Waals surface area contributed by atoms with Crippen molar-refractivity contribution in [3.63, 3.8) is 0 Å². The normalized spacial score (nSPS) is 16.5. The van der Waals surface area contributed by atoms with Crippen LogP contribution in [0.15, 0.2) is 54.1 Å². The molecule has 1 N–H and O–H groups in total. The van der Waals surface area contributed by atoms with E-state index in [-0.39, 0.29) is 16.7 Å². The zero-order chi connectivity index (χ0) is 18.7. The highest BCUT2D eigenvalue weighted by atomic mass is 35.5. The molecule has 0 bridgehead atoms. The molecular formula is C19H19ClN2O3S. The standard InChI is InChI=1S/C19H19ClN2O3S/c1-14(12-15-6-3-2-4-7-15)19(23)21-16-8-9-18(17(20)13-16)22-10-5-11-26(22,24)25/h2-4,6-9,12-13H,5,10-11H2,1H3,(H,21,23)/b14-12+. The number of nitrogens with one attached hydrogen (secondary N) is 1. The third-order valence-electron chi connectivity index (χ3n) is 4.11. The average Bonchev–Trinajstić information content (AvgIpc) is 2.95. The first kappa shape index (κ1) is 18.5. The molecule has 2 aromatic rings. The molecular weight excluding hydrogens is 372 g/mol. The lowest BCUT2D eigenvalue weighted by Crippen LogP contribution is -2.25. The van der Waals surface area contributed by atoms with Crippen LogP contribution < -0.4 is 9.62 Å². The molecule has 3 rings (SSSR count). The van der Waals surface area contributed by atoms with Crippen molar-refractivity contribution in [3.05, 3.63) is 64.7 Å². The molecule has 1 aliphatic rings. The fourth-order valence-electron chi connectivity index (χ4n) is 2.79. The van der Waals surface area contributed by atoms with Crippen LogP contribution in [0, 0.1) is 0 Å². The van der Waals surface area contributed by atoms with E-state index in [0.717, 1.165) is 5.56 Å². The topological polar surface area (TPSA) is 66.5 Å². The molecule has 26 heavy (non-hydrogen) atoms. The van der Waals surface area contributed by atoms with E-state index in [1.165, 1.54) is 4.31 Å². The van der Waals surface area contributed by atoms with Crippen molar-refractivity contribution < 1.29 is 13.2 Å². The van der Waals surface area contributed by atoms with Gasteiger partial charge in [0, 0.05) is 17.8 Å². The second-order valence-electron chi connectivity index (χ2n) is 6.10. The molecule has 0 saturated carbocycles. The van der Waals surface area contributed by atoms with Crippen LogP contribution in [0.5, 0.6) is 0 Å². The minimum atomic E-state index is -3.29. The summed E-state index contributed by atoms with van der Waals surface area (Å²) in [6, 6.07) is 14.4. The van der Waals surface area contributed by atoms with Crippen LogP contribution in [0.2, 0.25) is 5.02 Å². The van der Waals surface area contributed by atoms with Crippen LogP contribution in [-0.4, -0.2) is 26.6 Å². The summed E-state index contributed by atoms with van der Waals surface area (Å²) >= 11 is 6.26. The Bertz CT molecular complexity index is 956. The Balaban J connectivity index is 1.76. The molecule has 0 aliphatic carbocycles. The van der Waals surface area contributed by atoms with E-state index in [2.05, 4.69) is 5.32 Å². The number of sulfonamides is 1. The summed E-state index contributed by atoms with van der Waals surface area (Å²) < 4.78 is 25.4. The van der Waals surface area contributed by atoms with Crippen LogP contribution in [0.25, 0.3) is 6.08 Å². The lowest BCUT2D eigenvalue weighted by molar-refractivity contribution is -0.112. The number of anilines is 2. The molecule has 1 amide bonds. The van der Waals surface area contributed by atoms with E-state index in [1.54, 1.807) is 31.2 Å². The van der Waals surface area contributed by atoms with Crippen molar-refractivity contribution in [2.45, 2.75) is 13.3 Å². The van der Waals surface area contributed by atoms with E-state index in [9.17, 15) is 13.2 Å². The first-order valence-electron chi connectivity index (χ1n) is 8.21. The fourth-order valence-corrected chi connectivity index (χ4v) is 4.70. The molecule has 0 unspecified atom stereocenters. The number of hydrogen-bond acceptors (Lipinski definition) is 3. The molecule has 5 nitrogen and oxygen atoms in total. The van der Waals surface area contributed by atoms with Gasteiger partial charge in [-0.15, -0.1) is 0 Å². The predicted octanol–water partition coefficient (Wildman–Crippen LogP) is 3.92. The maximum absolute atomic E-state index is 12.3. The van der Waals surface area contributed by atoms with Gasteiger partial charge in [-0.1, -0.05) is 41.9 Å². The van der Waals surface area contributed by atoms with Crippen LogP contribution in [0.1, 0.15) is 18.9 Å². The van der Waals surface area contributed by atoms with Gasteiger partial charge in [-0.25, -0.2) is 8.42 Å². The number of nitrogens with zero attached hydrogens (tertiary/aromatic N) is 1. The van der Waals surface area contributed by atoms with Crippen molar-refractivity contribution in [2.24, 2.45) is 0 Å². The van der Waals surface area contributed by atoms with Crippen molar-refractivity contribution in [1.29, 1.82) is 0 Å². The van der Waals surface area contributed by atoms with E-state index >= 15 is 0 Å². The number of rotatable bonds is 4. The SMILES string of the molecule is C/C(=C\c1ccccc1)C(=O)Nc1ccc(N2CCCS2(=O)=O)c(Cl)c1. The summed E-state index contributed by atoms with van der Waals surface area (Å²) in [5, 5.41) is 3.07. The molecule has 1 saturated heterocycles. The molecule has 136 valence electrons. The first-order chi connectivity index (χ1) is 12.4. The first-order valence-corrected chi connectivity index (χ1v) is 10.2. The maximum atomic E-state index is 12.3. The molecule has 0 aromatic heterocycles. The Morgan fingerprint density at radius 3 is 2.54 bits per heavy atom. The Hall–Kier alpha value is -2.31. The monoisotopic (exact) mass is 390 g/mol. The van der Waals surface area contributed by atoms with Gasteiger partial charge < -0.3 is 5.32 Å². The van der Waals surface area contributed by atoms with Gasteiger partial charge in [0.2, 0.25) is 10.0 Å². The Morgan fingerprint density at radius 1 is 1.19 bits per heavy atom. The van der Waals surface area contributed by atoms with Gasteiger partial charge in [-0.3, -0.25) is 9.10 Å². The highest BCUT2D eigenvalue weighted by Crippen LogP contribution is 2.33. The fraction of sp³-hybridized carbons (Fsp3) is 0.211. The molecule has 1 heterocycles. The lowest BCUT2D eigenvalue weighted by Gasteiger charge is -2.19. The number of amides is 1. The highest BCUT2D eigenvalue weighted by Gasteiger charge is 2.29. The average molecular weight is 391 g/mol. The summed E-state index contributed by atoms with van der Waals surface area (Å²) in [6.07, 6.45) is 2.38. The second kappa shape index (κ2) is 7.51. The molecule has 1 fully saturated rings. The van der Waals surface area contributed by atoms with E-state index in [1.807, 2.05) is 30.3 Å². The smallest absolute Gasteiger partial charge is 0.251 e. The lowest BCUT2D eigenvalue weighted by atomic mass is 10.1. The summed E-state index contributed by atoms with van der Waals surface area (Å²) in [5.41, 5.74) is 2.45. The zero-order valence-electron chi connectivity index (χ0n) is 14.3. The van der Waals surface area contributed by atoms with Gasteiger partial charge >= 0.3 is 0 Å². The van der Waals surface area contributed by atoms with E-state index in [0.29, 0.717) is 29.9 Å². The molecule has 0 atom stereocenters. The van der Waals surface area contributed by atoms with Gasteiger partial charge in [0.1, 0.15) is 0 Å². The number of halogens is 1. The van der Waals surface area contributed by atoms with Gasteiger partial charge in [0.15, 0.2) is 0 Å². The van der Waals surface area contributed by atoms with E-state index < -0.39 is 10.0 Å². The largest absolute Gasteiger partial charge is 0.322 e.